The Morgan fingerprint density at radius 3 is 2.39 bits per heavy atom. The maximum absolute atomic E-state index is 12.3. The molecule has 0 spiro atoms. The van der Waals surface area contributed by atoms with Gasteiger partial charge in [-0.3, -0.25) is 4.79 Å². The SMILES string of the molecule is CC(C)(C)c1ccc2cc(C(=O)Nc3ccc(O)cc3)[nH]c2c1. The lowest BCUT2D eigenvalue weighted by Gasteiger charge is -2.18. The van der Waals surface area contributed by atoms with Crippen molar-refractivity contribution in [2.75, 3.05) is 5.32 Å². The van der Waals surface area contributed by atoms with Crippen molar-refractivity contribution in [2.45, 2.75) is 26.2 Å². The zero-order chi connectivity index (χ0) is 16.6. The van der Waals surface area contributed by atoms with Crippen molar-refractivity contribution in [3.8, 4) is 5.75 Å². The first-order valence-corrected chi connectivity index (χ1v) is 7.56. The molecular formula is C19H20N2O2. The second kappa shape index (κ2) is 5.47. The molecule has 1 aromatic heterocycles. The molecule has 3 N–H and O–H groups in total. The van der Waals surface area contributed by atoms with Crippen molar-refractivity contribution in [3.63, 3.8) is 0 Å². The van der Waals surface area contributed by atoms with Gasteiger partial charge in [-0.05, 0) is 47.4 Å². The smallest absolute Gasteiger partial charge is 0.272 e. The Morgan fingerprint density at radius 2 is 1.74 bits per heavy atom. The lowest BCUT2D eigenvalue weighted by atomic mass is 9.87. The van der Waals surface area contributed by atoms with Gasteiger partial charge in [0.25, 0.3) is 5.91 Å². The van der Waals surface area contributed by atoms with Crippen LogP contribution in [0, 0.1) is 0 Å². The van der Waals surface area contributed by atoms with E-state index in [0.29, 0.717) is 11.4 Å². The predicted molar refractivity (Wildman–Crippen MR) is 93.1 cm³/mol. The number of aromatic amines is 1. The summed E-state index contributed by atoms with van der Waals surface area (Å²) in [6.45, 7) is 6.49. The minimum Gasteiger partial charge on any atom is -0.508 e. The monoisotopic (exact) mass is 308 g/mol. The molecule has 4 nitrogen and oxygen atoms in total. The number of amides is 1. The Bertz CT molecular complexity index is 855. The molecular weight excluding hydrogens is 288 g/mol. The zero-order valence-electron chi connectivity index (χ0n) is 13.5. The van der Waals surface area contributed by atoms with Crippen LogP contribution in [0.5, 0.6) is 5.75 Å². The molecule has 1 heterocycles. The number of hydrogen-bond donors (Lipinski definition) is 3. The molecule has 0 fully saturated rings. The minimum absolute atomic E-state index is 0.0633. The number of nitrogens with one attached hydrogen (secondary N) is 2. The van der Waals surface area contributed by atoms with Gasteiger partial charge in [-0.2, -0.15) is 0 Å². The van der Waals surface area contributed by atoms with Crippen molar-refractivity contribution in [2.24, 2.45) is 0 Å². The van der Waals surface area contributed by atoms with Crippen molar-refractivity contribution in [1.82, 2.24) is 4.98 Å². The largest absolute Gasteiger partial charge is 0.508 e. The number of anilines is 1. The number of fused-ring (bicyclic) bond motifs is 1. The molecule has 0 saturated heterocycles. The van der Waals surface area contributed by atoms with E-state index in [4.69, 9.17) is 0 Å². The van der Waals surface area contributed by atoms with Crippen molar-refractivity contribution >= 4 is 22.5 Å². The summed E-state index contributed by atoms with van der Waals surface area (Å²) in [5.74, 6) is -0.0347. The third-order valence-electron chi connectivity index (χ3n) is 3.86. The molecule has 3 rings (SSSR count). The molecule has 0 aliphatic carbocycles. The average molecular weight is 308 g/mol. The maximum atomic E-state index is 12.3. The van der Waals surface area contributed by atoms with Crippen LogP contribution >= 0.6 is 0 Å². The molecule has 4 heteroatoms. The van der Waals surface area contributed by atoms with Crippen LogP contribution in [0.1, 0.15) is 36.8 Å². The van der Waals surface area contributed by atoms with E-state index in [2.05, 4.69) is 43.2 Å². The third kappa shape index (κ3) is 3.21. The molecule has 118 valence electrons. The first kappa shape index (κ1) is 15.2. The normalized spacial score (nSPS) is 11.6. The quantitative estimate of drug-likeness (QED) is 0.613. The fraction of sp³-hybridized carbons (Fsp3) is 0.211. The predicted octanol–water partition coefficient (Wildman–Crippen LogP) is 4.42. The Kier molecular flexibility index (Phi) is 3.60. The number of phenolic OH excluding ortho intramolecular Hbond substituents is 1. The number of benzene rings is 2. The molecule has 0 bridgehead atoms. The number of rotatable bonds is 2. The molecule has 3 aromatic rings. The summed E-state index contributed by atoms with van der Waals surface area (Å²) >= 11 is 0. The van der Waals surface area contributed by atoms with E-state index in [1.165, 1.54) is 17.7 Å². The molecule has 2 aromatic carbocycles. The van der Waals surface area contributed by atoms with Crippen LogP contribution in [0.25, 0.3) is 10.9 Å². The molecule has 23 heavy (non-hydrogen) atoms. The van der Waals surface area contributed by atoms with Gasteiger partial charge in [-0.25, -0.2) is 0 Å². The fourth-order valence-corrected chi connectivity index (χ4v) is 2.46. The Labute approximate surface area is 135 Å². The summed E-state index contributed by atoms with van der Waals surface area (Å²) in [4.78, 5) is 15.5. The van der Waals surface area contributed by atoms with Gasteiger partial charge in [-0.1, -0.05) is 32.9 Å². The molecule has 0 unspecified atom stereocenters. The Balaban J connectivity index is 1.87. The van der Waals surface area contributed by atoms with Crippen LogP contribution in [-0.2, 0) is 5.41 Å². The van der Waals surface area contributed by atoms with E-state index in [9.17, 15) is 9.90 Å². The second-order valence-corrected chi connectivity index (χ2v) is 6.74. The van der Waals surface area contributed by atoms with Gasteiger partial charge in [0.15, 0.2) is 0 Å². The maximum Gasteiger partial charge on any atom is 0.272 e. The first-order chi connectivity index (χ1) is 10.8. The van der Waals surface area contributed by atoms with E-state index in [1.807, 2.05) is 12.1 Å². The van der Waals surface area contributed by atoms with Crippen molar-refractivity contribution in [1.29, 1.82) is 0 Å². The summed E-state index contributed by atoms with van der Waals surface area (Å²) < 4.78 is 0. The summed E-state index contributed by atoms with van der Waals surface area (Å²) in [6.07, 6.45) is 0. The summed E-state index contributed by atoms with van der Waals surface area (Å²) in [5.41, 5.74) is 3.39. The zero-order valence-corrected chi connectivity index (χ0v) is 13.5. The summed E-state index contributed by atoms with van der Waals surface area (Å²) in [6, 6.07) is 14.5. The lowest BCUT2D eigenvalue weighted by Crippen LogP contribution is -2.12. The Morgan fingerprint density at radius 1 is 1.04 bits per heavy atom. The van der Waals surface area contributed by atoms with Gasteiger partial charge in [-0.15, -0.1) is 0 Å². The van der Waals surface area contributed by atoms with Gasteiger partial charge in [0.1, 0.15) is 11.4 Å². The number of phenols is 1. The third-order valence-corrected chi connectivity index (χ3v) is 3.86. The number of carbonyl (C=O) groups is 1. The van der Waals surface area contributed by atoms with E-state index < -0.39 is 0 Å². The van der Waals surface area contributed by atoms with Gasteiger partial charge >= 0.3 is 0 Å². The van der Waals surface area contributed by atoms with Gasteiger partial charge in [0, 0.05) is 16.6 Å². The number of hydrogen-bond acceptors (Lipinski definition) is 2. The molecule has 1 amide bonds. The van der Waals surface area contributed by atoms with Crippen LogP contribution < -0.4 is 5.32 Å². The number of aromatic nitrogens is 1. The van der Waals surface area contributed by atoms with Crippen molar-refractivity contribution < 1.29 is 9.90 Å². The van der Waals surface area contributed by atoms with Gasteiger partial charge < -0.3 is 15.4 Å². The van der Waals surface area contributed by atoms with Crippen LogP contribution in [0.15, 0.2) is 48.5 Å². The van der Waals surface area contributed by atoms with E-state index in [0.717, 1.165) is 10.9 Å². The average Bonchev–Trinajstić information content (AvgIpc) is 2.92. The lowest BCUT2D eigenvalue weighted by molar-refractivity contribution is 0.102. The van der Waals surface area contributed by atoms with Gasteiger partial charge in [0.05, 0.1) is 0 Å². The van der Waals surface area contributed by atoms with Crippen LogP contribution in [-0.4, -0.2) is 16.0 Å². The van der Waals surface area contributed by atoms with E-state index >= 15 is 0 Å². The van der Waals surface area contributed by atoms with Crippen LogP contribution in [0.3, 0.4) is 0 Å². The summed E-state index contributed by atoms with van der Waals surface area (Å²) in [7, 11) is 0. The van der Waals surface area contributed by atoms with Crippen LogP contribution in [0.2, 0.25) is 0 Å². The molecule has 0 saturated carbocycles. The number of carbonyl (C=O) groups excluding carboxylic acids is 1. The van der Waals surface area contributed by atoms with Gasteiger partial charge in [0.2, 0.25) is 0 Å². The molecule has 0 radical (unpaired) electrons. The highest BCUT2D eigenvalue weighted by Crippen LogP contribution is 2.26. The summed E-state index contributed by atoms with van der Waals surface area (Å²) in [5, 5.41) is 13.1. The highest BCUT2D eigenvalue weighted by molar-refractivity contribution is 6.06. The molecule has 0 aliphatic rings. The highest BCUT2D eigenvalue weighted by atomic mass is 16.3. The number of aromatic hydroxyl groups is 1. The molecule has 0 aliphatic heterocycles. The number of H-pyrrole nitrogens is 1. The van der Waals surface area contributed by atoms with E-state index in [1.54, 1.807) is 12.1 Å². The molecule has 0 atom stereocenters. The van der Waals surface area contributed by atoms with E-state index in [-0.39, 0.29) is 17.1 Å². The van der Waals surface area contributed by atoms with Crippen LogP contribution in [0.4, 0.5) is 5.69 Å². The minimum atomic E-state index is -0.204. The first-order valence-electron chi connectivity index (χ1n) is 7.56. The standard InChI is InChI=1S/C19H20N2O2/c1-19(2,3)13-5-4-12-10-17(21-16(12)11-13)18(23)20-14-6-8-15(22)9-7-14/h4-11,21-22H,1-3H3,(H,20,23). The fourth-order valence-electron chi connectivity index (χ4n) is 2.46. The highest BCUT2D eigenvalue weighted by Gasteiger charge is 2.15. The Hall–Kier alpha value is -2.75. The second-order valence-electron chi connectivity index (χ2n) is 6.74. The topological polar surface area (TPSA) is 65.1 Å². The van der Waals surface area contributed by atoms with Crippen molar-refractivity contribution in [3.05, 3.63) is 59.8 Å².